The van der Waals surface area contributed by atoms with Gasteiger partial charge in [-0.25, -0.2) is 4.79 Å². The summed E-state index contributed by atoms with van der Waals surface area (Å²) in [6.45, 7) is 4.65. The van der Waals surface area contributed by atoms with Crippen LogP contribution >= 0.6 is 23.4 Å². The number of nitrogens with one attached hydrogen (secondary N) is 1. The molecular weight excluding hydrogens is 422 g/mol. The zero-order valence-electron chi connectivity index (χ0n) is 16.3. The summed E-state index contributed by atoms with van der Waals surface area (Å²) >= 11 is 7.34. The SMILES string of the molecule is CC(=O)NC1C(Sc2ccc(Cl)cc2)OC2COC(C)(C)OC2C1OCC(=O)O. The second-order valence-corrected chi connectivity index (χ2v) is 8.91. The van der Waals surface area contributed by atoms with Gasteiger partial charge in [0.15, 0.2) is 5.79 Å². The van der Waals surface area contributed by atoms with Crippen LogP contribution in [0, 0.1) is 0 Å². The first-order chi connectivity index (χ1) is 13.6. The maximum absolute atomic E-state index is 11.9. The van der Waals surface area contributed by atoms with Crippen molar-refractivity contribution in [1.29, 1.82) is 0 Å². The Labute approximate surface area is 178 Å². The van der Waals surface area contributed by atoms with E-state index in [1.165, 1.54) is 18.7 Å². The number of carbonyl (C=O) groups is 2. The number of ether oxygens (including phenoxy) is 4. The molecule has 2 saturated heterocycles. The maximum Gasteiger partial charge on any atom is 0.329 e. The lowest BCUT2D eigenvalue weighted by Crippen LogP contribution is -2.68. The average Bonchev–Trinajstić information content (AvgIpc) is 2.62. The normalized spacial score (nSPS) is 31.0. The molecule has 29 heavy (non-hydrogen) atoms. The Bertz CT molecular complexity index is 745. The Kier molecular flexibility index (Phi) is 7.08. The molecule has 2 heterocycles. The van der Waals surface area contributed by atoms with E-state index in [-0.39, 0.29) is 12.5 Å². The van der Waals surface area contributed by atoms with Crippen molar-refractivity contribution in [2.45, 2.75) is 61.2 Å². The number of thioether (sulfide) groups is 1. The van der Waals surface area contributed by atoms with Crippen molar-refractivity contribution >= 4 is 35.2 Å². The molecule has 10 heteroatoms. The molecule has 2 fully saturated rings. The predicted molar refractivity (Wildman–Crippen MR) is 106 cm³/mol. The Balaban J connectivity index is 1.89. The minimum atomic E-state index is -1.11. The third-order valence-electron chi connectivity index (χ3n) is 4.50. The summed E-state index contributed by atoms with van der Waals surface area (Å²) in [6, 6.07) is 6.57. The molecule has 0 aliphatic carbocycles. The van der Waals surface area contributed by atoms with Gasteiger partial charge in [-0.3, -0.25) is 4.79 Å². The highest BCUT2D eigenvalue weighted by molar-refractivity contribution is 7.99. The van der Waals surface area contributed by atoms with E-state index in [1.54, 1.807) is 26.0 Å². The number of aliphatic carboxylic acids is 1. The molecule has 5 atom stereocenters. The monoisotopic (exact) mass is 445 g/mol. The van der Waals surface area contributed by atoms with E-state index in [1.807, 2.05) is 12.1 Å². The predicted octanol–water partition coefficient (Wildman–Crippen LogP) is 2.28. The Morgan fingerprint density at radius 2 is 2.03 bits per heavy atom. The molecule has 0 aromatic heterocycles. The molecule has 5 unspecified atom stereocenters. The average molecular weight is 446 g/mol. The van der Waals surface area contributed by atoms with E-state index in [9.17, 15) is 9.59 Å². The molecule has 2 N–H and O–H groups in total. The Hall–Kier alpha value is -1.36. The summed E-state index contributed by atoms with van der Waals surface area (Å²) in [5.74, 6) is -2.27. The number of carbonyl (C=O) groups excluding carboxylic acids is 1. The molecule has 1 aromatic rings. The van der Waals surface area contributed by atoms with E-state index >= 15 is 0 Å². The zero-order valence-corrected chi connectivity index (χ0v) is 17.9. The van der Waals surface area contributed by atoms with E-state index in [4.69, 9.17) is 35.7 Å². The number of halogens is 1. The van der Waals surface area contributed by atoms with Gasteiger partial charge in [0.2, 0.25) is 5.91 Å². The van der Waals surface area contributed by atoms with Gasteiger partial charge < -0.3 is 29.4 Å². The van der Waals surface area contributed by atoms with Crippen LogP contribution in [0.15, 0.2) is 29.2 Å². The summed E-state index contributed by atoms with van der Waals surface area (Å²) in [5.41, 5.74) is -0.548. The first-order valence-corrected chi connectivity index (χ1v) is 10.4. The second kappa shape index (κ2) is 9.20. The van der Waals surface area contributed by atoms with Gasteiger partial charge >= 0.3 is 5.97 Å². The maximum atomic E-state index is 11.9. The van der Waals surface area contributed by atoms with Gasteiger partial charge in [0.05, 0.1) is 12.6 Å². The van der Waals surface area contributed by atoms with Crippen LogP contribution in [-0.4, -0.2) is 65.8 Å². The lowest BCUT2D eigenvalue weighted by molar-refractivity contribution is -0.344. The molecule has 3 rings (SSSR count). The van der Waals surface area contributed by atoms with Crippen LogP contribution in [0.25, 0.3) is 0 Å². The molecule has 2 aliphatic rings. The highest BCUT2D eigenvalue weighted by Gasteiger charge is 2.52. The number of carboxylic acids is 1. The third-order valence-corrected chi connectivity index (χ3v) is 5.93. The number of rotatable bonds is 6. The number of fused-ring (bicyclic) bond motifs is 1. The molecule has 1 amide bonds. The summed E-state index contributed by atoms with van der Waals surface area (Å²) in [5, 5.41) is 12.6. The van der Waals surface area contributed by atoms with Gasteiger partial charge in [-0.15, -0.1) is 0 Å². The number of hydrogen-bond donors (Lipinski definition) is 2. The summed E-state index contributed by atoms with van der Waals surface area (Å²) < 4.78 is 23.6. The molecule has 1 aromatic carbocycles. The zero-order chi connectivity index (χ0) is 21.2. The van der Waals surface area contributed by atoms with Gasteiger partial charge in [-0.2, -0.15) is 0 Å². The fourth-order valence-electron chi connectivity index (χ4n) is 3.33. The van der Waals surface area contributed by atoms with Gasteiger partial charge in [-0.05, 0) is 38.1 Å². The smallest absolute Gasteiger partial charge is 0.329 e. The standard InChI is InChI=1S/C19H24ClNO7S/c1-10(22)21-15-17(25-9-14(23)24)16-13(8-26-19(2,3)28-16)27-18(15)29-12-6-4-11(20)5-7-12/h4-7,13,15-18H,8-9H2,1-3H3,(H,21,22)(H,23,24). The topological polar surface area (TPSA) is 103 Å². The van der Waals surface area contributed by atoms with Crippen molar-refractivity contribution in [2.75, 3.05) is 13.2 Å². The fourth-order valence-corrected chi connectivity index (χ4v) is 4.58. The van der Waals surface area contributed by atoms with Crippen molar-refractivity contribution in [3.8, 4) is 0 Å². The summed E-state index contributed by atoms with van der Waals surface area (Å²) in [6.07, 6.45) is -1.81. The quantitative estimate of drug-likeness (QED) is 0.687. The van der Waals surface area contributed by atoms with Crippen LogP contribution in [-0.2, 0) is 28.5 Å². The van der Waals surface area contributed by atoms with Gasteiger partial charge in [0.25, 0.3) is 0 Å². The van der Waals surface area contributed by atoms with Crippen LogP contribution < -0.4 is 5.32 Å². The molecule has 2 aliphatic heterocycles. The van der Waals surface area contributed by atoms with E-state index in [0.717, 1.165) is 4.90 Å². The minimum absolute atomic E-state index is 0.259. The third kappa shape index (κ3) is 5.84. The van der Waals surface area contributed by atoms with Gasteiger partial charge in [0, 0.05) is 16.8 Å². The van der Waals surface area contributed by atoms with Crippen LogP contribution in [0.1, 0.15) is 20.8 Å². The van der Waals surface area contributed by atoms with Crippen molar-refractivity contribution in [3.05, 3.63) is 29.3 Å². The van der Waals surface area contributed by atoms with Crippen molar-refractivity contribution in [1.82, 2.24) is 5.32 Å². The molecule has 0 saturated carbocycles. The Morgan fingerprint density at radius 3 is 2.66 bits per heavy atom. The number of benzene rings is 1. The van der Waals surface area contributed by atoms with Crippen LogP contribution in [0.2, 0.25) is 5.02 Å². The fraction of sp³-hybridized carbons (Fsp3) is 0.579. The first-order valence-electron chi connectivity index (χ1n) is 9.14. The second-order valence-electron chi connectivity index (χ2n) is 7.30. The molecule has 0 spiro atoms. The number of carboxylic acid groups (broad SMARTS) is 1. The van der Waals surface area contributed by atoms with E-state index < -0.39 is 48.2 Å². The van der Waals surface area contributed by atoms with Crippen molar-refractivity contribution < 1.29 is 33.6 Å². The van der Waals surface area contributed by atoms with Crippen LogP contribution in [0.5, 0.6) is 0 Å². The number of amides is 1. The first kappa shape index (κ1) is 22.3. The Morgan fingerprint density at radius 1 is 1.34 bits per heavy atom. The van der Waals surface area contributed by atoms with Crippen molar-refractivity contribution in [2.24, 2.45) is 0 Å². The van der Waals surface area contributed by atoms with Gasteiger partial charge in [0.1, 0.15) is 30.4 Å². The molecular formula is C19H24ClNO7S. The highest BCUT2D eigenvalue weighted by Crippen LogP contribution is 2.39. The molecule has 8 nitrogen and oxygen atoms in total. The minimum Gasteiger partial charge on any atom is -0.480 e. The van der Waals surface area contributed by atoms with Crippen molar-refractivity contribution in [3.63, 3.8) is 0 Å². The number of hydrogen-bond acceptors (Lipinski definition) is 7. The van der Waals surface area contributed by atoms with E-state index in [2.05, 4.69) is 5.32 Å². The highest BCUT2D eigenvalue weighted by atomic mass is 35.5. The molecule has 160 valence electrons. The van der Waals surface area contributed by atoms with Crippen LogP contribution in [0.4, 0.5) is 0 Å². The lowest BCUT2D eigenvalue weighted by atomic mass is 9.96. The summed E-state index contributed by atoms with van der Waals surface area (Å²) in [7, 11) is 0. The lowest BCUT2D eigenvalue weighted by Gasteiger charge is -2.51. The van der Waals surface area contributed by atoms with E-state index in [0.29, 0.717) is 5.02 Å². The largest absolute Gasteiger partial charge is 0.480 e. The molecule has 0 radical (unpaired) electrons. The van der Waals surface area contributed by atoms with Gasteiger partial charge in [-0.1, -0.05) is 23.4 Å². The summed E-state index contributed by atoms with van der Waals surface area (Å²) in [4.78, 5) is 23.9. The van der Waals surface area contributed by atoms with Crippen LogP contribution in [0.3, 0.4) is 0 Å². The molecule has 0 bridgehead atoms.